The summed E-state index contributed by atoms with van der Waals surface area (Å²) in [6.07, 6.45) is 1.12. The van der Waals surface area contributed by atoms with Gasteiger partial charge in [-0.1, -0.05) is 6.92 Å². The molecule has 0 aromatic rings. The summed E-state index contributed by atoms with van der Waals surface area (Å²) in [6.45, 7) is 1.72. The maximum absolute atomic E-state index is 9.74. The van der Waals surface area contributed by atoms with Crippen LogP contribution in [0.3, 0.4) is 0 Å². The third kappa shape index (κ3) is 2.98. The molecular formula is C5H7NO. The molecule has 0 amide bonds. The van der Waals surface area contributed by atoms with Crippen molar-refractivity contribution in [1.82, 2.24) is 0 Å². The number of carbonyl (C=O) groups excluding carboxylic acids is 1. The van der Waals surface area contributed by atoms with Gasteiger partial charge in [-0.25, -0.2) is 0 Å². The van der Waals surface area contributed by atoms with Crippen molar-refractivity contribution in [2.24, 2.45) is 5.92 Å². The molecule has 0 bridgehead atoms. The van der Waals surface area contributed by atoms with E-state index < -0.39 is 0 Å². The van der Waals surface area contributed by atoms with Crippen LogP contribution in [0.1, 0.15) is 13.3 Å². The summed E-state index contributed by atoms with van der Waals surface area (Å²) >= 11 is 0. The van der Waals surface area contributed by atoms with Crippen LogP contribution in [0.2, 0.25) is 0 Å². The molecule has 0 spiro atoms. The van der Waals surface area contributed by atoms with E-state index in [9.17, 15) is 4.79 Å². The van der Waals surface area contributed by atoms with E-state index in [0.717, 1.165) is 6.29 Å². The second-order valence-corrected chi connectivity index (χ2v) is 1.48. The smallest absolute Gasteiger partial charge is 0.123 e. The molecule has 0 heterocycles. The molecule has 0 aliphatic rings. The lowest BCUT2D eigenvalue weighted by Gasteiger charge is -1.87. The Morgan fingerprint density at radius 2 is 2.57 bits per heavy atom. The largest absolute Gasteiger partial charge is 0.303 e. The van der Waals surface area contributed by atoms with E-state index in [2.05, 4.69) is 0 Å². The highest BCUT2D eigenvalue weighted by molar-refractivity contribution is 5.53. The third-order valence-electron chi connectivity index (χ3n) is 0.646. The lowest BCUT2D eigenvalue weighted by atomic mass is 10.1. The molecule has 1 atom stereocenters. The average molecular weight is 97.1 g/mol. The number of hydrogen-bond acceptors (Lipinski definition) is 2. The Kier molecular flexibility index (Phi) is 2.95. The first kappa shape index (κ1) is 6.16. The number of hydrogen-bond donors (Lipinski definition) is 0. The van der Waals surface area contributed by atoms with Crippen molar-refractivity contribution >= 4 is 6.29 Å². The highest BCUT2D eigenvalue weighted by atomic mass is 16.1. The van der Waals surface area contributed by atoms with Gasteiger partial charge in [0.15, 0.2) is 0 Å². The molecule has 7 heavy (non-hydrogen) atoms. The second-order valence-electron chi connectivity index (χ2n) is 1.48. The first-order valence-electron chi connectivity index (χ1n) is 2.13. The Morgan fingerprint density at radius 3 is 2.71 bits per heavy atom. The maximum Gasteiger partial charge on any atom is 0.123 e. The van der Waals surface area contributed by atoms with Crippen molar-refractivity contribution in [3.8, 4) is 6.07 Å². The predicted molar refractivity (Wildman–Crippen MR) is 25.5 cm³/mol. The van der Waals surface area contributed by atoms with E-state index in [4.69, 9.17) is 5.26 Å². The molecule has 0 saturated carbocycles. The van der Waals surface area contributed by atoms with E-state index in [1.165, 1.54) is 0 Å². The van der Waals surface area contributed by atoms with Crippen LogP contribution >= 0.6 is 0 Å². The molecule has 0 saturated heterocycles. The van der Waals surface area contributed by atoms with Crippen molar-refractivity contribution in [2.45, 2.75) is 13.3 Å². The Hall–Kier alpha value is -0.840. The minimum Gasteiger partial charge on any atom is -0.303 e. The van der Waals surface area contributed by atoms with Gasteiger partial charge in [0.05, 0.1) is 6.07 Å². The normalized spacial score (nSPS) is 12.0. The highest BCUT2D eigenvalue weighted by Crippen LogP contribution is 1.92. The van der Waals surface area contributed by atoms with Gasteiger partial charge < -0.3 is 4.79 Å². The summed E-state index contributed by atoms with van der Waals surface area (Å²) < 4.78 is 0. The maximum atomic E-state index is 9.74. The van der Waals surface area contributed by atoms with Crippen LogP contribution in [0.5, 0.6) is 0 Å². The number of nitrogens with zero attached hydrogens (tertiary/aromatic N) is 1. The van der Waals surface area contributed by atoms with E-state index in [1.54, 1.807) is 6.92 Å². The van der Waals surface area contributed by atoms with Crippen molar-refractivity contribution in [1.29, 1.82) is 5.26 Å². The molecule has 2 heteroatoms. The van der Waals surface area contributed by atoms with Crippen LogP contribution < -0.4 is 0 Å². The van der Waals surface area contributed by atoms with Crippen LogP contribution in [0.15, 0.2) is 0 Å². The van der Waals surface area contributed by atoms with Gasteiger partial charge in [0.25, 0.3) is 0 Å². The van der Waals surface area contributed by atoms with Crippen LogP contribution in [-0.2, 0) is 4.79 Å². The topological polar surface area (TPSA) is 40.9 Å². The minimum atomic E-state index is -0.0926. The van der Waals surface area contributed by atoms with E-state index in [0.29, 0.717) is 6.42 Å². The molecule has 0 aliphatic carbocycles. The predicted octanol–water partition coefficient (Wildman–Crippen LogP) is 0.735. The standard InChI is InChI=1S/C5H7NO/c1-5(4-7)2-3-6/h4-5H,2H2,1H3/t5-/m0/s1. The molecule has 0 unspecified atom stereocenters. The van der Waals surface area contributed by atoms with Gasteiger partial charge in [-0.3, -0.25) is 0 Å². The van der Waals surface area contributed by atoms with Gasteiger partial charge in [0.1, 0.15) is 6.29 Å². The minimum absolute atomic E-state index is 0.0926. The van der Waals surface area contributed by atoms with Gasteiger partial charge in [-0.15, -0.1) is 0 Å². The average Bonchev–Trinajstić information content (AvgIpc) is 1.68. The number of carbonyl (C=O) groups is 1. The first-order valence-corrected chi connectivity index (χ1v) is 2.13. The summed E-state index contributed by atoms with van der Waals surface area (Å²) in [6, 6.07) is 1.89. The lowest BCUT2D eigenvalue weighted by molar-refractivity contribution is -0.110. The Morgan fingerprint density at radius 1 is 2.00 bits per heavy atom. The molecule has 0 N–H and O–H groups in total. The zero-order chi connectivity index (χ0) is 5.70. The van der Waals surface area contributed by atoms with Crippen molar-refractivity contribution in [3.05, 3.63) is 0 Å². The molecule has 0 aliphatic heterocycles. The fourth-order valence-corrected chi connectivity index (χ4v) is 0.192. The van der Waals surface area contributed by atoms with Crippen LogP contribution in [0.25, 0.3) is 0 Å². The molecule has 38 valence electrons. The Balaban J connectivity index is 3.21. The summed E-state index contributed by atoms with van der Waals surface area (Å²) in [5.74, 6) is -0.0926. The van der Waals surface area contributed by atoms with Crippen LogP contribution in [-0.4, -0.2) is 6.29 Å². The number of nitriles is 1. The SMILES string of the molecule is C[C@H](C=O)CC#N. The monoisotopic (exact) mass is 97.1 g/mol. The van der Waals surface area contributed by atoms with Gasteiger partial charge >= 0.3 is 0 Å². The summed E-state index contributed by atoms with van der Waals surface area (Å²) in [7, 11) is 0. The van der Waals surface area contributed by atoms with Gasteiger partial charge in [0.2, 0.25) is 0 Å². The molecular weight excluding hydrogens is 90.1 g/mol. The van der Waals surface area contributed by atoms with E-state index >= 15 is 0 Å². The van der Waals surface area contributed by atoms with Gasteiger partial charge in [-0.2, -0.15) is 5.26 Å². The Labute approximate surface area is 42.8 Å². The second kappa shape index (κ2) is 3.35. The summed E-state index contributed by atoms with van der Waals surface area (Å²) in [5, 5.41) is 7.96. The number of aldehydes is 1. The zero-order valence-electron chi connectivity index (χ0n) is 4.22. The lowest BCUT2D eigenvalue weighted by Crippen LogP contribution is -1.91. The molecule has 0 radical (unpaired) electrons. The van der Waals surface area contributed by atoms with Crippen molar-refractivity contribution < 1.29 is 4.79 Å². The molecule has 0 fully saturated rings. The number of rotatable bonds is 2. The van der Waals surface area contributed by atoms with Crippen LogP contribution in [0.4, 0.5) is 0 Å². The van der Waals surface area contributed by atoms with Gasteiger partial charge in [-0.05, 0) is 0 Å². The summed E-state index contributed by atoms with van der Waals surface area (Å²) in [5.41, 5.74) is 0. The third-order valence-corrected chi connectivity index (χ3v) is 0.646. The van der Waals surface area contributed by atoms with Gasteiger partial charge in [0, 0.05) is 12.3 Å². The molecule has 0 aromatic heterocycles. The Bertz CT molecular complexity index is 92.7. The zero-order valence-corrected chi connectivity index (χ0v) is 4.22. The highest BCUT2D eigenvalue weighted by Gasteiger charge is 1.93. The quantitative estimate of drug-likeness (QED) is 0.477. The van der Waals surface area contributed by atoms with Crippen LogP contribution in [0, 0.1) is 17.2 Å². The molecule has 0 aromatic carbocycles. The van der Waals surface area contributed by atoms with E-state index in [1.807, 2.05) is 6.07 Å². The first-order chi connectivity index (χ1) is 3.31. The van der Waals surface area contributed by atoms with Crippen molar-refractivity contribution in [2.75, 3.05) is 0 Å². The molecule has 2 nitrogen and oxygen atoms in total. The fraction of sp³-hybridized carbons (Fsp3) is 0.600. The molecule has 0 rings (SSSR count). The fourth-order valence-electron chi connectivity index (χ4n) is 0.192. The van der Waals surface area contributed by atoms with E-state index in [-0.39, 0.29) is 5.92 Å². The van der Waals surface area contributed by atoms with Crippen molar-refractivity contribution in [3.63, 3.8) is 0 Å². The summed E-state index contributed by atoms with van der Waals surface area (Å²) in [4.78, 5) is 9.74.